The summed E-state index contributed by atoms with van der Waals surface area (Å²) in [5, 5.41) is 4.63. The number of aryl methyl sites for hydroxylation is 1. The molecule has 28 heavy (non-hydrogen) atoms. The zero-order valence-electron chi connectivity index (χ0n) is 16.1. The molecule has 0 spiro atoms. The maximum absolute atomic E-state index is 5.22. The van der Waals surface area contributed by atoms with Crippen LogP contribution in [0.25, 0.3) is 10.2 Å². The Balaban J connectivity index is 1.52. The van der Waals surface area contributed by atoms with Gasteiger partial charge in [-0.1, -0.05) is 42.5 Å². The minimum Gasteiger partial charge on any atom is -0.497 e. The van der Waals surface area contributed by atoms with E-state index >= 15 is 0 Å². The van der Waals surface area contributed by atoms with Crippen LogP contribution in [-0.2, 0) is 12.8 Å². The van der Waals surface area contributed by atoms with E-state index in [1.54, 1.807) is 18.4 Å². The fourth-order valence-electron chi connectivity index (χ4n) is 3.20. The molecular formula is C23H23N3OS. The van der Waals surface area contributed by atoms with Crippen molar-refractivity contribution in [3.8, 4) is 5.75 Å². The Bertz CT molecular complexity index is 1060. The molecule has 0 amide bonds. The highest BCUT2D eigenvalue weighted by Crippen LogP contribution is 2.29. The van der Waals surface area contributed by atoms with Crippen molar-refractivity contribution in [2.24, 2.45) is 0 Å². The van der Waals surface area contributed by atoms with Crippen LogP contribution in [0.15, 0.2) is 60.7 Å². The highest BCUT2D eigenvalue weighted by molar-refractivity contribution is 7.18. The van der Waals surface area contributed by atoms with E-state index in [1.165, 1.54) is 16.0 Å². The molecular weight excluding hydrogens is 366 g/mol. The smallest absolute Gasteiger partial charge is 0.138 e. The number of benzene rings is 2. The van der Waals surface area contributed by atoms with Gasteiger partial charge in [-0.2, -0.15) is 0 Å². The normalized spacial score (nSPS) is 10.9. The standard InChI is InChI=1S/C23H23N3OS/c1-16-14-20-22(24-13-12-17-8-10-19(27-2)11-9-17)25-21(26-23(20)28-16)15-18-6-4-3-5-7-18/h3-11,14H,12-13,15H2,1-2H3,(H,24,25,26). The van der Waals surface area contributed by atoms with Crippen molar-refractivity contribution < 1.29 is 4.74 Å². The number of ether oxygens (including phenoxy) is 1. The van der Waals surface area contributed by atoms with Gasteiger partial charge in [0, 0.05) is 17.8 Å². The van der Waals surface area contributed by atoms with E-state index in [4.69, 9.17) is 14.7 Å². The molecule has 5 heteroatoms. The van der Waals surface area contributed by atoms with Crippen LogP contribution in [0.5, 0.6) is 5.75 Å². The molecule has 0 saturated heterocycles. The molecule has 142 valence electrons. The van der Waals surface area contributed by atoms with Crippen LogP contribution in [-0.4, -0.2) is 23.6 Å². The van der Waals surface area contributed by atoms with Gasteiger partial charge in [0.15, 0.2) is 0 Å². The number of rotatable bonds is 7. The van der Waals surface area contributed by atoms with Gasteiger partial charge in [0.25, 0.3) is 0 Å². The quantitative estimate of drug-likeness (QED) is 0.469. The van der Waals surface area contributed by atoms with E-state index in [2.05, 4.69) is 54.7 Å². The summed E-state index contributed by atoms with van der Waals surface area (Å²) in [4.78, 5) is 11.9. The third kappa shape index (κ3) is 4.31. The first-order chi connectivity index (χ1) is 13.7. The Morgan fingerprint density at radius 1 is 0.964 bits per heavy atom. The number of fused-ring (bicyclic) bond motifs is 1. The molecule has 1 N–H and O–H groups in total. The summed E-state index contributed by atoms with van der Waals surface area (Å²) in [7, 11) is 1.69. The lowest BCUT2D eigenvalue weighted by Gasteiger charge is -2.09. The van der Waals surface area contributed by atoms with E-state index in [0.29, 0.717) is 0 Å². The first-order valence-corrected chi connectivity index (χ1v) is 10.2. The van der Waals surface area contributed by atoms with Crippen molar-refractivity contribution >= 4 is 27.4 Å². The molecule has 0 aliphatic carbocycles. The van der Waals surface area contributed by atoms with Gasteiger partial charge in [-0.05, 0) is 42.7 Å². The number of anilines is 1. The average Bonchev–Trinajstić information content (AvgIpc) is 3.09. The van der Waals surface area contributed by atoms with Crippen molar-refractivity contribution in [1.29, 1.82) is 0 Å². The molecule has 2 aromatic heterocycles. The molecule has 0 radical (unpaired) electrons. The van der Waals surface area contributed by atoms with E-state index in [0.717, 1.165) is 47.0 Å². The van der Waals surface area contributed by atoms with Gasteiger partial charge < -0.3 is 10.1 Å². The number of methoxy groups -OCH3 is 1. The Morgan fingerprint density at radius 2 is 1.75 bits per heavy atom. The van der Waals surface area contributed by atoms with E-state index in [-0.39, 0.29) is 0 Å². The molecule has 0 fully saturated rings. The summed E-state index contributed by atoms with van der Waals surface area (Å²) in [6.07, 6.45) is 1.66. The summed E-state index contributed by atoms with van der Waals surface area (Å²) in [5.41, 5.74) is 2.49. The summed E-state index contributed by atoms with van der Waals surface area (Å²) >= 11 is 1.72. The van der Waals surface area contributed by atoms with E-state index in [9.17, 15) is 0 Å². The molecule has 0 atom stereocenters. The molecule has 0 saturated carbocycles. The van der Waals surface area contributed by atoms with Crippen LogP contribution in [0, 0.1) is 6.92 Å². The third-order valence-electron chi connectivity index (χ3n) is 4.63. The molecule has 0 unspecified atom stereocenters. The minimum atomic E-state index is 0.737. The van der Waals surface area contributed by atoms with Crippen LogP contribution >= 0.6 is 11.3 Å². The monoisotopic (exact) mass is 389 g/mol. The lowest BCUT2D eigenvalue weighted by Crippen LogP contribution is -2.08. The van der Waals surface area contributed by atoms with Crippen LogP contribution in [0.2, 0.25) is 0 Å². The van der Waals surface area contributed by atoms with Crippen molar-refractivity contribution in [3.05, 3.63) is 82.5 Å². The molecule has 0 bridgehead atoms. The predicted molar refractivity (Wildman–Crippen MR) is 117 cm³/mol. The van der Waals surface area contributed by atoms with Crippen LogP contribution < -0.4 is 10.1 Å². The second-order valence-electron chi connectivity index (χ2n) is 6.75. The SMILES string of the molecule is COc1ccc(CCNc2nc(Cc3ccccc3)nc3sc(C)cc23)cc1. The number of nitrogens with one attached hydrogen (secondary N) is 1. The first-order valence-electron chi connectivity index (χ1n) is 9.39. The largest absolute Gasteiger partial charge is 0.497 e. The van der Waals surface area contributed by atoms with Crippen LogP contribution in [0.3, 0.4) is 0 Å². The minimum absolute atomic E-state index is 0.737. The van der Waals surface area contributed by atoms with Crippen molar-refractivity contribution in [2.45, 2.75) is 19.8 Å². The highest BCUT2D eigenvalue weighted by Gasteiger charge is 2.11. The first kappa shape index (κ1) is 18.4. The zero-order chi connectivity index (χ0) is 19.3. The maximum Gasteiger partial charge on any atom is 0.138 e. The number of thiophene rings is 1. The van der Waals surface area contributed by atoms with Gasteiger partial charge in [0.05, 0.1) is 12.5 Å². The lowest BCUT2D eigenvalue weighted by molar-refractivity contribution is 0.414. The number of hydrogen-bond donors (Lipinski definition) is 1. The molecule has 2 aromatic carbocycles. The van der Waals surface area contributed by atoms with Gasteiger partial charge in [-0.15, -0.1) is 11.3 Å². The van der Waals surface area contributed by atoms with Crippen LogP contribution in [0.4, 0.5) is 5.82 Å². The Hall–Kier alpha value is -2.92. The molecule has 0 aliphatic rings. The highest BCUT2D eigenvalue weighted by atomic mass is 32.1. The molecule has 0 aliphatic heterocycles. The van der Waals surface area contributed by atoms with Crippen molar-refractivity contribution in [2.75, 3.05) is 19.0 Å². The van der Waals surface area contributed by atoms with Gasteiger partial charge in [-0.3, -0.25) is 0 Å². The van der Waals surface area contributed by atoms with Crippen molar-refractivity contribution in [3.63, 3.8) is 0 Å². The predicted octanol–water partition coefficient (Wildman–Crippen LogP) is 5.25. The summed E-state index contributed by atoms with van der Waals surface area (Å²) in [5.74, 6) is 2.66. The van der Waals surface area contributed by atoms with Crippen LogP contribution in [0.1, 0.15) is 21.8 Å². The van der Waals surface area contributed by atoms with Gasteiger partial charge in [-0.25, -0.2) is 9.97 Å². The summed E-state index contributed by atoms with van der Waals surface area (Å²) < 4.78 is 5.22. The molecule has 4 rings (SSSR count). The lowest BCUT2D eigenvalue weighted by atomic mass is 10.1. The van der Waals surface area contributed by atoms with Gasteiger partial charge in [0.2, 0.25) is 0 Å². The second-order valence-corrected chi connectivity index (χ2v) is 7.99. The van der Waals surface area contributed by atoms with Gasteiger partial charge in [0.1, 0.15) is 22.2 Å². The number of nitrogens with zero attached hydrogens (tertiary/aromatic N) is 2. The fourth-order valence-corrected chi connectivity index (χ4v) is 4.09. The molecule has 2 heterocycles. The third-order valence-corrected chi connectivity index (χ3v) is 5.58. The number of hydrogen-bond acceptors (Lipinski definition) is 5. The molecule has 4 nitrogen and oxygen atoms in total. The summed E-state index contributed by atoms with van der Waals surface area (Å²) in [6, 6.07) is 20.7. The average molecular weight is 390 g/mol. The topological polar surface area (TPSA) is 47.0 Å². The van der Waals surface area contributed by atoms with E-state index < -0.39 is 0 Å². The number of aromatic nitrogens is 2. The summed E-state index contributed by atoms with van der Waals surface area (Å²) in [6.45, 7) is 2.93. The van der Waals surface area contributed by atoms with E-state index in [1.807, 2.05) is 18.2 Å². The zero-order valence-corrected chi connectivity index (χ0v) is 16.9. The fraction of sp³-hybridized carbons (Fsp3) is 0.217. The Morgan fingerprint density at radius 3 is 2.50 bits per heavy atom. The molecule has 4 aromatic rings. The van der Waals surface area contributed by atoms with Crippen molar-refractivity contribution in [1.82, 2.24) is 9.97 Å². The van der Waals surface area contributed by atoms with Gasteiger partial charge >= 0.3 is 0 Å². The Labute approximate surface area is 169 Å². The maximum atomic E-state index is 5.22. The Kier molecular flexibility index (Phi) is 5.53. The second kappa shape index (κ2) is 8.40.